The molecule has 5 rings (SSSR count). The van der Waals surface area contributed by atoms with Crippen LogP contribution in [-0.2, 0) is 11.2 Å². The van der Waals surface area contributed by atoms with Gasteiger partial charge >= 0.3 is 0 Å². The van der Waals surface area contributed by atoms with Gasteiger partial charge in [-0.15, -0.1) is 0 Å². The Hall–Kier alpha value is -3.34. The Balaban J connectivity index is 1.68. The lowest BCUT2D eigenvalue weighted by molar-refractivity contribution is -0.114. The van der Waals surface area contributed by atoms with Gasteiger partial charge in [-0.2, -0.15) is 5.10 Å². The predicted octanol–water partition coefficient (Wildman–Crippen LogP) is 3.60. The third kappa shape index (κ3) is 2.24. The molecule has 0 saturated carbocycles. The summed E-state index contributed by atoms with van der Waals surface area (Å²) in [4.78, 5) is 12.4. The number of aryl methyl sites for hydroxylation is 1. The first-order valence-corrected chi connectivity index (χ1v) is 8.49. The average molecular weight is 344 g/mol. The molecule has 2 aliphatic rings. The van der Waals surface area contributed by atoms with Crippen molar-refractivity contribution in [2.45, 2.75) is 13.3 Å². The van der Waals surface area contributed by atoms with E-state index in [4.69, 9.17) is 14.6 Å². The van der Waals surface area contributed by atoms with E-state index >= 15 is 0 Å². The molecule has 3 aromatic rings. The summed E-state index contributed by atoms with van der Waals surface area (Å²) in [7, 11) is 0. The molecule has 0 N–H and O–H groups in total. The molecule has 0 spiro atoms. The van der Waals surface area contributed by atoms with Crippen LogP contribution in [0.5, 0.6) is 11.5 Å². The van der Waals surface area contributed by atoms with E-state index in [1.54, 1.807) is 6.08 Å². The average Bonchev–Trinajstić information content (AvgIpc) is 3.24. The fraction of sp³-hybridized carbons (Fsp3) is 0.143. The maximum atomic E-state index is 12.4. The van der Waals surface area contributed by atoms with Crippen LogP contribution in [0.4, 0.5) is 0 Å². The summed E-state index contributed by atoms with van der Waals surface area (Å²) in [5.41, 5.74) is 5.55. The molecule has 0 bridgehead atoms. The van der Waals surface area contributed by atoms with Gasteiger partial charge < -0.3 is 9.47 Å². The molecule has 2 aliphatic heterocycles. The molecule has 0 unspecified atom stereocenters. The van der Waals surface area contributed by atoms with Gasteiger partial charge in [0.05, 0.1) is 23.5 Å². The van der Waals surface area contributed by atoms with Crippen molar-refractivity contribution in [2.75, 3.05) is 6.79 Å². The number of ketones is 1. The highest BCUT2D eigenvalue weighted by Gasteiger charge is 2.26. The topological polar surface area (TPSA) is 53.4 Å². The Kier molecular flexibility index (Phi) is 3.22. The third-order valence-electron chi connectivity index (χ3n) is 4.75. The summed E-state index contributed by atoms with van der Waals surface area (Å²) in [6.45, 7) is 2.21. The van der Waals surface area contributed by atoms with Crippen LogP contribution < -0.4 is 9.47 Å². The second-order valence-electron chi connectivity index (χ2n) is 6.43. The number of carbonyl (C=O) groups excluding carboxylic acids is 1. The second-order valence-corrected chi connectivity index (χ2v) is 6.43. The van der Waals surface area contributed by atoms with Crippen molar-refractivity contribution in [1.29, 1.82) is 0 Å². The highest BCUT2D eigenvalue weighted by atomic mass is 16.7. The molecule has 3 heterocycles. The van der Waals surface area contributed by atoms with Crippen LogP contribution in [0.25, 0.3) is 16.8 Å². The molecule has 0 amide bonds. The van der Waals surface area contributed by atoms with E-state index < -0.39 is 0 Å². The van der Waals surface area contributed by atoms with Crippen LogP contribution in [0.2, 0.25) is 0 Å². The minimum atomic E-state index is 0.0817. The molecule has 1 aromatic heterocycles. The number of carbonyl (C=O) groups is 1. The van der Waals surface area contributed by atoms with Crippen molar-refractivity contribution in [3.8, 4) is 22.6 Å². The van der Waals surface area contributed by atoms with E-state index in [2.05, 4.69) is 0 Å². The largest absolute Gasteiger partial charge is 0.454 e. The molecule has 0 fully saturated rings. The normalized spacial score (nSPS) is 15.0. The lowest BCUT2D eigenvalue weighted by Crippen LogP contribution is -2.16. The zero-order chi connectivity index (χ0) is 17.7. The van der Waals surface area contributed by atoms with E-state index in [-0.39, 0.29) is 12.6 Å². The highest BCUT2D eigenvalue weighted by Crippen LogP contribution is 2.39. The van der Waals surface area contributed by atoms with Crippen molar-refractivity contribution in [3.63, 3.8) is 0 Å². The van der Waals surface area contributed by atoms with Crippen molar-refractivity contribution in [1.82, 2.24) is 9.78 Å². The van der Waals surface area contributed by atoms with Gasteiger partial charge in [-0.25, -0.2) is 4.68 Å². The summed E-state index contributed by atoms with van der Waals surface area (Å²) < 4.78 is 12.8. The van der Waals surface area contributed by atoms with Crippen molar-refractivity contribution >= 4 is 11.5 Å². The summed E-state index contributed by atoms with van der Waals surface area (Å²) in [5.74, 6) is 1.55. The summed E-state index contributed by atoms with van der Waals surface area (Å²) >= 11 is 0. The van der Waals surface area contributed by atoms with Crippen LogP contribution in [0.1, 0.15) is 17.0 Å². The molecule has 5 nitrogen and oxygen atoms in total. The maximum Gasteiger partial charge on any atom is 0.231 e. The zero-order valence-corrected chi connectivity index (χ0v) is 14.2. The standard InChI is InChI=1S/C21H16N2O3/c1-13-21(15-7-8-19-20(9-15)26-12-25-19)18-11-16(24)10-17(23(18)22-13)14-5-3-2-4-6-14/h2-10H,11-12H2,1H3. The Morgan fingerprint density at radius 3 is 2.65 bits per heavy atom. The number of hydrogen-bond donors (Lipinski definition) is 0. The molecule has 0 saturated heterocycles. The molecule has 0 radical (unpaired) electrons. The molecular formula is C21H16N2O3. The Morgan fingerprint density at radius 2 is 1.81 bits per heavy atom. The minimum absolute atomic E-state index is 0.0817. The molecule has 2 aromatic carbocycles. The van der Waals surface area contributed by atoms with E-state index in [1.807, 2.05) is 60.1 Å². The number of rotatable bonds is 2. The van der Waals surface area contributed by atoms with Gasteiger partial charge in [0.1, 0.15) is 0 Å². The summed E-state index contributed by atoms with van der Waals surface area (Å²) in [6.07, 6.45) is 2.01. The van der Waals surface area contributed by atoms with E-state index in [9.17, 15) is 4.79 Å². The number of allylic oxidation sites excluding steroid dienone is 1. The molecule has 0 atom stereocenters. The van der Waals surface area contributed by atoms with E-state index in [1.165, 1.54) is 0 Å². The quantitative estimate of drug-likeness (QED) is 0.713. The second kappa shape index (κ2) is 5.59. The molecular weight excluding hydrogens is 328 g/mol. The number of aromatic nitrogens is 2. The fourth-order valence-corrected chi connectivity index (χ4v) is 3.61. The van der Waals surface area contributed by atoms with Gasteiger partial charge in [-0.1, -0.05) is 36.4 Å². The van der Waals surface area contributed by atoms with Gasteiger partial charge in [0, 0.05) is 17.2 Å². The minimum Gasteiger partial charge on any atom is -0.454 e. The first-order chi connectivity index (χ1) is 12.7. The lowest BCUT2D eigenvalue weighted by Gasteiger charge is -2.17. The predicted molar refractivity (Wildman–Crippen MR) is 97.1 cm³/mol. The smallest absolute Gasteiger partial charge is 0.231 e. The number of hydrogen-bond acceptors (Lipinski definition) is 4. The van der Waals surface area contributed by atoms with E-state index in [0.29, 0.717) is 6.42 Å². The first kappa shape index (κ1) is 15.0. The molecule has 26 heavy (non-hydrogen) atoms. The van der Waals surface area contributed by atoms with Crippen LogP contribution in [0, 0.1) is 6.92 Å². The van der Waals surface area contributed by atoms with Gasteiger partial charge in [-0.3, -0.25) is 4.79 Å². The number of nitrogens with zero attached hydrogens (tertiary/aromatic N) is 2. The summed E-state index contributed by atoms with van der Waals surface area (Å²) in [5, 5.41) is 4.74. The van der Waals surface area contributed by atoms with Crippen molar-refractivity contribution < 1.29 is 14.3 Å². The van der Waals surface area contributed by atoms with Crippen LogP contribution in [0.3, 0.4) is 0 Å². The van der Waals surface area contributed by atoms with Crippen molar-refractivity contribution in [2.24, 2.45) is 0 Å². The zero-order valence-electron chi connectivity index (χ0n) is 14.2. The third-order valence-corrected chi connectivity index (χ3v) is 4.75. The van der Waals surface area contributed by atoms with Crippen LogP contribution in [0.15, 0.2) is 54.6 Å². The molecule has 5 heteroatoms. The monoisotopic (exact) mass is 344 g/mol. The number of fused-ring (bicyclic) bond motifs is 2. The Morgan fingerprint density at radius 1 is 1.00 bits per heavy atom. The number of benzene rings is 2. The summed E-state index contributed by atoms with van der Waals surface area (Å²) in [6, 6.07) is 15.7. The molecule has 0 aliphatic carbocycles. The first-order valence-electron chi connectivity index (χ1n) is 8.49. The number of ether oxygens (including phenoxy) is 2. The SMILES string of the molecule is Cc1nn2c(c1-c1ccc3c(c1)OCO3)CC(=O)C=C2c1ccccc1. The van der Waals surface area contributed by atoms with Crippen LogP contribution in [-0.4, -0.2) is 22.4 Å². The van der Waals surface area contributed by atoms with Crippen molar-refractivity contribution in [3.05, 3.63) is 71.6 Å². The van der Waals surface area contributed by atoms with Gasteiger partial charge in [0.2, 0.25) is 6.79 Å². The van der Waals surface area contributed by atoms with Gasteiger partial charge in [-0.05, 0) is 24.6 Å². The highest BCUT2D eigenvalue weighted by molar-refractivity contribution is 6.01. The fourth-order valence-electron chi connectivity index (χ4n) is 3.61. The van der Waals surface area contributed by atoms with Crippen LogP contribution >= 0.6 is 0 Å². The Bertz CT molecular complexity index is 1060. The lowest BCUT2D eigenvalue weighted by atomic mass is 9.97. The van der Waals surface area contributed by atoms with Gasteiger partial charge in [0.15, 0.2) is 17.3 Å². The van der Waals surface area contributed by atoms with Gasteiger partial charge in [0.25, 0.3) is 0 Å². The Labute approximate surface area is 150 Å². The maximum absolute atomic E-state index is 12.4. The molecule has 128 valence electrons. The van der Waals surface area contributed by atoms with E-state index in [0.717, 1.165) is 45.3 Å².